The van der Waals surface area contributed by atoms with Crippen molar-refractivity contribution in [2.24, 2.45) is 11.7 Å². The average molecular weight is 287 g/mol. The number of primary amides is 1. The summed E-state index contributed by atoms with van der Waals surface area (Å²) in [5.41, 5.74) is 5.31. The lowest BCUT2D eigenvalue weighted by atomic mass is 9.97. The van der Waals surface area contributed by atoms with E-state index < -0.39 is 0 Å². The van der Waals surface area contributed by atoms with Crippen LogP contribution in [0.1, 0.15) is 12.8 Å². The van der Waals surface area contributed by atoms with Gasteiger partial charge in [0.1, 0.15) is 0 Å². The Bertz CT molecular complexity index is 325. The van der Waals surface area contributed by atoms with Crippen LogP contribution in [0.15, 0.2) is 0 Å². The van der Waals surface area contributed by atoms with E-state index in [0.29, 0.717) is 32.8 Å². The van der Waals surface area contributed by atoms with Gasteiger partial charge in [0.25, 0.3) is 0 Å². The second-order valence-corrected chi connectivity index (χ2v) is 5.07. The molecule has 116 valence electrons. The van der Waals surface area contributed by atoms with Crippen LogP contribution in [0.4, 0.5) is 0 Å². The number of aliphatic hydroxyl groups is 1. The molecule has 0 saturated carbocycles. The SMILES string of the molecule is COCCN(CCO)CC(=O)N1CCCC(C(N)=O)C1. The van der Waals surface area contributed by atoms with E-state index in [2.05, 4.69) is 0 Å². The number of carbonyl (C=O) groups is 2. The molecule has 3 N–H and O–H groups in total. The fraction of sp³-hybridized carbons (Fsp3) is 0.846. The molecular formula is C13H25N3O4. The van der Waals surface area contributed by atoms with Gasteiger partial charge in [-0.15, -0.1) is 0 Å². The summed E-state index contributed by atoms with van der Waals surface area (Å²) in [5.74, 6) is -0.604. The third-order valence-corrected chi connectivity index (χ3v) is 3.56. The predicted molar refractivity (Wildman–Crippen MR) is 73.9 cm³/mol. The van der Waals surface area contributed by atoms with E-state index in [-0.39, 0.29) is 30.9 Å². The van der Waals surface area contributed by atoms with Gasteiger partial charge in [-0.25, -0.2) is 0 Å². The summed E-state index contributed by atoms with van der Waals surface area (Å²) < 4.78 is 4.98. The molecule has 0 aromatic rings. The molecule has 1 fully saturated rings. The minimum atomic E-state index is -0.339. The number of hydrogen-bond acceptors (Lipinski definition) is 5. The monoisotopic (exact) mass is 287 g/mol. The lowest BCUT2D eigenvalue weighted by molar-refractivity contribution is -0.136. The molecular weight excluding hydrogens is 262 g/mol. The van der Waals surface area contributed by atoms with Gasteiger partial charge in [-0.3, -0.25) is 14.5 Å². The minimum Gasteiger partial charge on any atom is -0.395 e. The second-order valence-electron chi connectivity index (χ2n) is 5.07. The molecule has 0 aromatic heterocycles. The van der Waals surface area contributed by atoms with Gasteiger partial charge in [0.2, 0.25) is 11.8 Å². The van der Waals surface area contributed by atoms with E-state index in [9.17, 15) is 9.59 Å². The van der Waals surface area contributed by atoms with Crippen LogP contribution in [0.25, 0.3) is 0 Å². The highest BCUT2D eigenvalue weighted by atomic mass is 16.5. The Morgan fingerprint density at radius 3 is 2.80 bits per heavy atom. The molecule has 1 saturated heterocycles. The van der Waals surface area contributed by atoms with E-state index in [1.165, 1.54) is 0 Å². The highest BCUT2D eigenvalue weighted by molar-refractivity contribution is 5.81. The Morgan fingerprint density at radius 2 is 2.20 bits per heavy atom. The maximum atomic E-state index is 12.2. The molecule has 1 aliphatic heterocycles. The van der Waals surface area contributed by atoms with E-state index in [1.807, 2.05) is 4.90 Å². The van der Waals surface area contributed by atoms with Crippen LogP contribution in [0.5, 0.6) is 0 Å². The molecule has 2 amide bonds. The van der Waals surface area contributed by atoms with Gasteiger partial charge in [-0.05, 0) is 12.8 Å². The molecule has 1 atom stereocenters. The lowest BCUT2D eigenvalue weighted by Crippen LogP contribution is -2.48. The maximum Gasteiger partial charge on any atom is 0.236 e. The zero-order valence-corrected chi connectivity index (χ0v) is 12.1. The molecule has 0 aromatic carbocycles. The quantitative estimate of drug-likeness (QED) is 0.575. The van der Waals surface area contributed by atoms with Gasteiger partial charge in [-0.2, -0.15) is 0 Å². The second kappa shape index (κ2) is 8.89. The zero-order valence-electron chi connectivity index (χ0n) is 12.1. The third kappa shape index (κ3) is 5.44. The van der Waals surface area contributed by atoms with Crippen LogP contribution >= 0.6 is 0 Å². The number of methoxy groups -OCH3 is 1. The highest BCUT2D eigenvalue weighted by Crippen LogP contribution is 2.16. The predicted octanol–water partition coefficient (Wildman–Crippen LogP) is -1.35. The van der Waals surface area contributed by atoms with Crippen molar-refractivity contribution in [3.05, 3.63) is 0 Å². The van der Waals surface area contributed by atoms with E-state index in [4.69, 9.17) is 15.6 Å². The van der Waals surface area contributed by atoms with Crippen LogP contribution in [0.3, 0.4) is 0 Å². The maximum absolute atomic E-state index is 12.2. The van der Waals surface area contributed by atoms with Crippen molar-refractivity contribution >= 4 is 11.8 Å². The van der Waals surface area contributed by atoms with Crippen molar-refractivity contribution in [2.75, 3.05) is 53.0 Å². The molecule has 0 spiro atoms. The third-order valence-electron chi connectivity index (χ3n) is 3.56. The summed E-state index contributed by atoms with van der Waals surface area (Å²) in [4.78, 5) is 27.0. The fourth-order valence-corrected chi connectivity index (χ4v) is 2.36. The van der Waals surface area contributed by atoms with Crippen molar-refractivity contribution in [3.63, 3.8) is 0 Å². The number of piperidine rings is 1. The molecule has 0 aliphatic carbocycles. The number of hydrogen-bond donors (Lipinski definition) is 2. The fourth-order valence-electron chi connectivity index (χ4n) is 2.36. The van der Waals surface area contributed by atoms with Crippen LogP contribution in [0.2, 0.25) is 0 Å². The van der Waals surface area contributed by atoms with Crippen molar-refractivity contribution in [1.29, 1.82) is 0 Å². The van der Waals surface area contributed by atoms with E-state index in [1.54, 1.807) is 12.0 Å². The molecule has 0 bridgehead atoms. The molecule has 1 rings (SSSR count). The standard InChI is InChI=1S/C13H25N3O4/c1-20-8-6-15(5-7-17)10-12(18)16-4-2-3-11(9-16)13(14)19/h11,17H,2-10H2,1H3,(H2,14,19). The molecule has 1 aliphatic rings. The van der Waals surface area contributed by atoms with Gasteiger partial charge in [0.15, 0.2) is 0 Å². The summed E-state index contributed by atoms with van der Waals surface area (Å²) in [6.07, 6.45) is 1.56. The largest absolute Gasteiger partial charge is 0.395 e. The zero-order chi connectivity index (χ0) is 15.0. The number of aliphatic hydroxyl groups excluding tert-OH is 1. The van der Waals surface area contributed by atoms with Gasteiger partial charge in [-0.1, -0.05) is 0 Å². The number of nitrogens with zero attached hydrogens (tertiary/aromatic N) is 2. The number of ether oxygens (including phenoxy) is 1. The van der Waals surface area contributed by atoms with E-state index in [0.717, 1.165) is 12.8 Å². The van der Waals surface area contributed by atoms with Gasteiger partial charge >= 0.3 is 0 Å². The Kier molecular flexibility index (Phi) is 7.50. The van der Waals surface area contributed by atoms with Crippen LogP contribution in [-0.4, -0.2) is 79.8 Å². The molecule has 7 heteroatoms. The molecule has 20 heavy (non-hydrogen) atoms. The molecule has 1 unspecified atom stereocenters. The van der Waals surface area contributed by atoms with Crippen LogP contribution in [-0.2, 0) is 14.3 Å². The van der Waals surface area contributed by atoms with Crippen molar-refractivity contribution in [1.82, 2.24) is 9.80 Å². The topological polar surface area (TPSA) is 96.1 Å². The summed E-state index contributed by atoms with van der Waals surface area (Å²) in [7, 11) is 1.60. The van der Waals surface area contributed by atoms with Crippen molar-refractivity contribution < 1.29 is 19.4 Å². The van der Waals surface area contributed by atoms with Crippen LogP contribution < -0.4 is 5.73 Å². The Morgan fingerprint density at radius 1 is 1.45 bits per heavy atom. The number of likely N-dealkylation sites (tertiary alicyclic amines) is 1. The Labute approximate surface area is 119 Å². The average Bonchev–Trinajstić information content (AvgIpc) is 2.45. The van der Waals surface area contributed by atoms with Gasteiger partial charge in [0.05, 0.1) is 25.7 Å². The molecule has 0 radical (unpaired) electrons. The first-order chi connectivity index (χ1) is 9.58. The van der Waals surface area contributed by atoms with Gasteiger partial charge < -0.3 is 20.5 Å². The first-order valence-corrected chi connectivity index (χ1v) is 6.97. The van der Waals surface area contributed by atoms with Crippen LogP contribution in [0, 0.1) is 5.92 Å². The number of nitrogens with two attached hydrogens (primary N) is 1. The van der Waals surface area contributed by atoms with Gasteiger partial charge in [0, 0.05) is 33.3 Å². The smallest absolute Gasteiger partial charge is 0.236 e. The Hall–Kier alpha value is -1.18. The first kappa shape index (κ1) is 16.9. The summed E-state index contributed by atoms with van der Waals surface area (Å²) in [5, 5.41) is 9.01. The summed E-state index contributed by atoms with van der Waals surface area (Å²) in [6.45, 7) is 2.84. The highest BCUT2D eigenvalue weighted by Gasteiger charge is 2.27. The molecule has 7 nitrogen and oxygen atoms in total. The normalized spacial score (nSPS) is 19.4. The lowest BCUT2D eigenvalue weighted by Gasteiger charge is -2.33. The summed E-state index contributed by atoms with van der Waals surface area (Å²) >= 11 is 0. The van der Waals surface area contributed by atoms with Crippen molar-refractivity contribution in [3.8, 4) is 0 Å². The summed E-state index contributed by atoms with van der Waals surface area (Å²) in [6, 6.07) is 0. The molecule has 1 heterocycles. The minimum absolute atomic E-state index is 0.000898. The first-order valence-electron chi connectivity index (χ1n) is 6.97. The van der Waals surface area contributed by atoms with E-state index >= 15 is 0 Å². The number of amides is 2. The number of rotatable bonds is 8. The Balaban J connectivity index is 2.48. The van der Waals surface area contributed by atoms with Crippen molar-refractivity contribution in [2.45, 2.75) is 12.8 Å². The number of carbonyl (C=O) groups excluding carboxylic acids is 2.